The molecule has 2 nitrogen and oxygen atoms in total. The number of nitrogens with one attached hydrogen (secondary N) is 1. The molecule has 0 aliphatic rings. The number of alkyl halides is 6. The highest BCUT2D eigenvalue weighted by molar-refractivity contribution is 6.39. The number of hydrogen-bond donors (Lipinski definition) is 1. The van der Waals surface area contributed by atoms with E-state index in [2.05, 4.69) is 0 Å². The molecule has 0 radical (unpaired) electrons. The van der Waals surface area contributed by atoms with Gasteiger partial charge in [0.15, 0.2) is 0 Å². The molecule has 0 amide bonds. The van der Waals surface area contributed by atoms with E-state index in [0.717, 1.165) is 0 Å². The molecule has 0 fully saturated rings. The molecular weight excluding hydrogens is 333 g/mol. The molecule has 0 spiro atoms. The second-order valence-corrected chi connectivity index (χ2v) is 4.33. The molecular formula is C10H4Cl2F6N2. The summed E-state index contributed by atoms with van der Waals surface area (Å²) in [4.78, 5) is 0. The first-order valence-electron chi connectivity index (χ1n) is 4.77. The van der Waals surface area contributed by atoms with Crippen molar-refractivity contribution in [1.29, 1.82) is 5.26 Å². The van der Waals surface area contributed by atoms with E-state index in [9.17, 15) is 26.3 Å². The number of benzene rings is 1. The van der Waals surface area contributed by atoms with Crippen molar-refractivity contribution in [3.63, 3.8) is 0 Å². The maximum Gasteiger partial charge on any atom is 0.419 e. The summed E-state index contributed by atoms with van der Waals surface area (Å²) >= 11 is 11.0. The van der Waals surface area contributed by atoms with Crippen LogP contribution in [0.15, 0.2) is 6.07 Å². The number of hydrogen-bond acceptors (Lipinski definition) is 2. The van der Waals surface area contributed by atoms with Gasteiger partial charge in [0.25, 0.3) is 0 Å². The maximum absolute atomic E-state index is 12.8. The zero-order valence-electron chi connectivity index (χ0n) is 9.26. The average molecular weight is 337 g/mol. The van der Waals surface area contributed by atoms with Crippen LogP contribution in [0.4, 0.5) is 32.0 Å². The van der Waals surface area contributed by atoms with Gasteiger partial charge in [0.05, 0.1) is 32.9 Å². The molecule has 1 rings (SSSR count). The largest absolute Gasteiger partial charge is 0.419 e. The third-order valence-electron chi connectivity index (χ3n) is 2.09. The van der Waals surface area contributed by atoms with Gasteiger partial charge in [0.2, 0.25) is 0 Å². The molecule has 0 saturated heterocycles. The van der Waals surface area contributed by atoms with E-state index in [1.54, 1.807) is 5.32 Å². The molecule has 0 aromatic heterocycles. The Morgan fingerprint density at radius 2 is 1.70 bits per heavy atom. The summed E-state index contributed by atoms with van der Waals surface area (Å²) in [7, 11) is 0. The highest BCUT2D eigenvalue weighted by atomic mass is 35.5. The van der Waals surface area contributed by atoms with Crippen LogP contribution < -0.4 is 5.32 Å². The zero-order chi connectivity index (χ0) is 15.7. The van der Waals surface area contributed by atoms with Gasteiger partial charge in [0, 0.05) is 0 Å². The minimum Gasteiger partial charge on any atom is -0.374 e. The van der Waals surface area contributed by atoms with Gasteiger partial charge in [-0.05, 0) is 6.07 Å². The number of rotatable bonds is 2. The lowest BCUT2D eigenvalue weighted by Gasteiger charge is -2.17. The number of nitrogens with zero attached hydrogens (tertiary/aromatic N) is 1. The number of anilines is 1. The topological polar surface area (TPSA) is 35.8 Å². The van der Waals surface area contributed by atoms with Crippen LogP contribution in [0.1, 0.15) is 11.1 Å². The van der Waals surface area contributed by atoms with Gasteiger partial charge in [-0.3, -0.25) is 0 Å². The minimum absolute atomic E-state index is 0.510. The van der Waals surface area contributed by atoms with Crippen molar-refractivity contribution < 1.29 is 26.3 Å². The van der Waals surface area contributed by atoms with E-state index in [-0.39, 0.29) is 0 Å². The quantitative estimate of drug-likeness (QED) is 0.783. The van der Waals surface area contributed by atoms with Crippen LogP contribution in [0.25, 0.3) is 0 Å². The number of halogens is 8. The summed E-state index contributed by atoms with van der Waals surface area (Å²) in [6.45, 7) is -1.62. The van der Waals surface area contributed by atoms with E-state index >= 15 is 0 Å². The van der Waals surface area contributed by atoms with Gasteiger partial charge in [-0.1, -0.05) is 23.2 Å². The number of nitriles is 1. The molecule has 1 N–H and O–H groups in total. The average Bonchev–Trinajstić information content (AvgIpc) is 2.24. The summed E-state index contributed by atoms with van der Waals surface area (Å²) < 4.78 is 74.4. The lowest BCUT2D eigenvalue weighted by molar-refractivity contribution is -0.137. The fourth-order valence-corrected chi connectivity index (χ4v) is 2.03. The van der Waals surface area contributed by atoms with Crippen LogP contribution in [-0.4, -0.2) is 12.7 Å². The zero-order valence-corrected chi connectivity index (χ0v) is 10.8. The fraction of sp³-hybridized carbons (Fsp3) is 0.300. The Morgan fingerprint density at radius 1 is 1.15 bits per heavy atom. The van der Waals surface area contributed by atoms with E-state index in [1.165, 1.54) is 6.07 Å². The summed E-state index contributed by atoms with van der Waals surface area (Å²) in [5, 5.41) is 8.71. The summed E-state index contributed by atoms with van der Waals surface area (Å²) in [6.07, 6.45) is -9.67. The second kappa shape index (κ2) is 5.58. The Morgan fingerprint density at radius 3 is 2.10 bits per heavy atom. The minimum atomic E-state index is -5.00. The maximum atomic E-state index is 12.8. The molecule has 110 valence electrons. The molecule has 0 bridgehead atoms. The van der Waals surface area contributed by atoms with Gasteiger partial charge in [-0.25, -0.2) is 0 Å². The Kier molecular flexibility index (Phi) is 4.66. The first kappa shape index (κ1) is 16.7. The van der Waals surface area contributed by atoms with Crippen LogP contribution in [0, 0.1) is 11.3 Å². The van der Waals surface area contributed by atoms with Crippen molar-refractivity contribution in [2.24, 2.45) is 0 Å². The molecule has 1 aromatic rings. The van der Waals surface area contributed by atoms with Gasteiger partial charge in [-0.15, -0.1) is 0 Å². The van der Waals surface area contributed by atoms with Crippen LogP contribution in [0.2, 0.25) is 10.0 Å². The van der Waals surface area contributed by atoms with Gasteiger partial charge in [-0.2, -0.15) is 31.6 Å². The second-order valence-electron chi connectivity index (χ2n) is 3.55. The van der Waals surface area contributed by atoms with E-state index < -0.39 is 45.8 Å². The predicted octanol–water partition coefficient (Wildman–Crippen LogP) is 4.86. The third-order valence-corrected chi connectivity index (χ3v) is 2.76. The van der Waals surface area contributed by atoms with Crippen molar-refractivity contribution in [3.8, 4) is 6.07 Å². The molecule has 0 unspecified atom stereocenters. The molecule has 0 aliphatic heterocycles. The fourth-order valence-electron chi connectivity index (χ4n) is 1.34. The predicted molar refractivity (Wildman–Crippen MR) is 60.7 cm³/mol. The Labute approximate surface area is 118 Å². The van der Waals surface area contributed by atoms with E-state index in [1.807, 2.05) is 0 Å². The van der Waals surface area contributed by atoms with Crippen molar-refractivity contribution in [2.75, 3.05) is 11.9 Å². The molecule has 1 aromatic carbocycles. The molecule has 20 heavy (non-hydrogen) atoms. The molecule has 0 heterocycles. The summed E-state index contributed by atoms with van der Waals surface area (Å²) in [5.41, 5.74) is -3.13. The van der Waals surface area contributed by atoms with Crippen molar-refractivity contribution in [2.45, 2.75) is 12.4 Å². The third kappa shape index (κ3) is 3.84. The SMILES string of the molecule is N#Cc1cc(Cl)c(NCC(F)(F)F)c(Cl)c1C(F)(F)F. The van der Waals surface area contributed by atoms with Crippen molar-refractivity contribution in [3.05, 3.63) is 27.2 Å². The van der Waals surface area contributed by atoms with Gasteiger partial charge in [0.1, 0.15) is 6.54 Å². The molecule has 0 saturated carbocycles. The monoisotopic (exact) mass is 336 g/mol. The highest BCUT2D eigenvalue weighted by Gasteiger charge is 2.38. The first-order valence-corrected chi connectivity index (χ1v) is 5.53. The van der Waals surface area contributed by atoms with Crippen LogP contribution in [-0.2, 0) is 6.18 Å². The smallest absolute Gasteiger partial charge is 0.374 e. The first-order chi connectivity index (χ1) is 8.97. The van der Waals surface area contributed by atoms with Crippen LogP contribution in [0.3, 0.4) is 0 Å². The molecule has 0 aliphatic carbocycles. The Hall–Kier alpha value is -1.33. The Balaban J connectivity index is 3.38. The van der Waals surface area contributed by atoms with Gasteiger partial charge >= 0.3 is 12.4 Å². The van der Waals surface area contributed by atoms with Crippen molar-refractivity contribution >= 4 is 28.9 Å². The summed E-state index contributed by atoms with van der Waals surface area (Å²) in [6, 6.07) is 1.85. The van der Waals surface area contributed by atoms with Crippen LogP contribution in [0.5, 0.6) is 0 Å². The van der Waals surface area contributed by atoms with E-state index in [4.69, 9.17) is 28.5 Å². The molecule has 10 heteroatoms. The normalized spacial score (nSPS) is 12.2. The standard InChI is InChI=1S/C10H4Cl2F6N2/c11-5-1-4(2-19)6(10(16,17)18)7(12)8(5)20-3-9(13,14)15/h1,20H,3H2. The van der Waals surface area contributed by atoms with Crippen molar-refractivity contribution in [1.82, 2.24) is 0 Å². The molecule has 0 atom stereocenters. The van der Waals surface area contributed by atoms with Gasteiger partial charge < -0.3 is 5.32 Å². The lowest BCUT2D eigenvalue weighted by atomic mass is 10.1. The highest BCUT2D eigenvalue weighted by Crippen LogP contribution is 2.44. The van der Waals surface area contributed by atoms with E-state index in [0.29, 0.717) is 6.07 Å². The summed E-state index contributed by atoms with van der Waals surface area (Å²) in [5.74, 6) is 0. The lowest BCUT2D eigenvalue weighted by Crippen LogP contribution is -2.22. The van der Waals surface area contributed by atoms with Crippen LogP contribution >= 0.6 is 23.2 Å². The Bertz CT molecular complexity index is 559.